The molecule has 3 rings (SSSR count). The molecule has 100 valence electrons. The minimum atomic E-state index is 0.673. The number of rotatable bonds is 3. The van der Waals surface area contributed by atoms with E-state index in [1.54, 1.807) is 0 Å². The first-order chi connectivity index (χ1) is 9.28. The van der Waals surface area contributed by atoms with E-state index in [2.05, 4.69) is 54.8 Å². The van der Waals surface area contributed by atoms with Crippen LogP contribution in [0.15, 0.2) is 35.1 Å². The summed E-state index contributed by atoms with van der Waals surface area (Å²) in [5.74, 6) is 1.13. The van der Waals surface area contributed by atoms with Crippen molar-refractivity contribution >= 4 is 21.6 Å². The van der Waals surface area contributed by atoms with E-state index in [4.69, 9.17) is 5.73 Å². The summed E-state index contributed by atoms with van der Waals surface area (Å²) in [6.45, 7) is 3.55. The number of nitrogens with two attached hydrogens (primary N) is 1. The van der Waals surface area contributed by atoms with Gasteiger partial charge in [-0.05, 0) is 36.7 Å². The first-order valence-corrected chi connectivity index (χ1v) is 7.30. The highest BCUT2D eigenvalue weighted by molar-refractivity contribution is 9.10. The topological polar surface area (TPSA) is 47.1 Å². The van der Waals surface area contributed by atoms with Gasteiger partial charge in [0.1, 0.15) is 5.82 Å². The largest absolute Gasteiger partial charge is 0.362 e. The fraction of sp³-hybridized carbons (Fsp3) is 0.357. The van der Waals surface area contributed by atoms with Crippen LogP contribution in [-0.4, -0.2) is 22.6 Å². The highest BCUT2D eigenvalue weighted by atomic mass is 79.9. The average Bonchev–Trinajstić information content (AvgIpc) is 2.86. The van der Waals surface area contributed by atoms with Gasteiger partial charge in [0.2, 0.25) is 0 Å². The third-order valence-electron chi connectivity index (χ3n) is 3.54. The first-order valence-electron chi connectivity index (χ1n) is 6.51. The number of imidazole rings is 1. The zero-order valence-electron chi connectivity index (χ0n) is 10.7. The van der Waals surface area contributed by atoms with E-state index in [0.717, 1.165) is 36.4 Å². The van der Waals surface area contributed by atoms with Crippen LogP contribution in [0.3, 0.4) is 0 Å². The summed E-state index contributed by atoms with van der Waals surface area (Å²) in [7, 11) is 0. The summed E-state index contributed by atoms with van der Waals surface area (Å²) >= 11 is 3.53. The van der Waals surface area contributed by atoms with Gasteiger partial charge in [-0.3, -0.25) is 0 Å². The van der Waals surface area contributed by atoms with E-state index < -0.39 is 0 Å². The molecular weight excluding hydrogens is 304 g/mol. The number of benzene rings is 1. The Hall–Kier alpha value is -1.33. The van der Waals surface area contributed by atoms with Crippen LogP contribution < -0.4 is 10.6 Å². The number of hydrogen-bond donors (Lipinski definition) is 1. The van der Waals surface area contributed by atoms with Crippen molar-refractivity contribution in [2.24, 2.45) is 5.73 Å². The Morgan fingerprint density at radius 2 is 2.21 bits per heavy atom. The van der Waals surface area contributed by atoms with Crippen molar-refractivity contribution in [1.29, 1.82) is 0 Å². The van der Waals surface area contributed by atoms with Crippen LogP contribution in [0.5, 0.6) is 0 Å². The number of fused-ring (bicyclic) bond motifs is 1. The fourth-order valence-corrected chi connectivity index (χ4v) is 3.01. The summed E-state index contributed by atoms with van der Waals surface area (Å²) in [5.41, 5.74) is 8.30. The van der Waals surface area contributed by atoms with Crippen molar-refractivity contribution in [2.45, 2.75) is 19.5 Å². The highest BCUT2D eigenvalue weighted by Gasteiger charge is 2.18. The molecule has 1 aromatic carbocycles. The molecule has 2 aromatic rings. The molecule has 0 atom stereocenters. The van der Waals surface area contributed by atoms with Gasteiger partial charge in [-0.1, -0.05) is 15.9 Å². The van der Waals surface area contributed by atoms with Gasteiger partial charge in [-0.15, -0.1) is 0 Å². The van der Waals surface area contributed by atoms with Gasteiger partial charge in [0.25, 0.3) is 0 Å². The molecule has 0 bridgehead atoms. The zero-order valence-corrected chi connectivity index (χ0v) is 12.3. The fourth-order valence-electron chi connectivity index (χ4n) is 2.60. The maximum atomic E-state index is 5.72. The molecule has 0 spiro atoms. The normalized spacial score (nSPS) is 14.5. The van der Waals surface area contributed by atoms with E-state index in [9.17, 15) is 0 Å². The summed E-state index contributed by atoms with van der Waals surface area (Å²) in [5, 5.41) is 0. The molecule has 0 saturated carbocycles. The Labute approximate surface area is 121 Å². The Morgan fingerprint density at radius 3 is 3.05 bits per heavy atom. The van der Waals surface area contributed by atoms with Crippen LogP contribution in [0, 0.1) is 0 Å². The lowest BCUT2D eigenvalue weighted by Gasteiger charge is -2.31. The van der Waals surface area contributed by atoms with Gasteiger partial charge in [-0.2, -0.15) is 0 Å². The summed E-state index contributed by atoms with van der Waals surface area (Å²) in [6.07, 6.45) is 4.83. The van der Waals surface area contributed by atoms with Crippen molar-refractivity contribution in [1.82, 2.24) is 9.55 Å². The van der Waals surface area contributed by atoms with Crippen molar-refractivity contribution in [2.75, 3.05) is 18.0 Å². The standard InChI is InChI=1S/C14H17BrN4/c15-12-1-2-13(11(9-12)3-4-16)19-8-7-18-6-5-17-14(18)10-19/h1-2,5-6,9H,3-4,7-8,10,16H2. The Morgan fingerprint density at radius 1 is 1.32 bits per heavy atom. The van der Waals surface area contributed by atoms with Crippen LogP contribution in [0.1, 0.15) is 11.4 Å². The molecule has 0 fully saturated rings. The maximum Gasteiger partial charge on any atom is 0.128 e. The lowest BCUT2D eigenvalue weighted by Crippen LogP contribution is -2.34. The number of anilines is 1. The van der Waals surface area contributed by atoms with Crippen molar-refractivity contribution in [3.8, 4) is 0 Å². The molecule has 0 saturated heterocycles. The molecule has 0 aliphatic carbocycles. The zero-order chi connectivity index (χ0) is 13.2. The van der Waals surface area contributed by atoms with Crippen LogP contribution in [0.25, 0.3) is 0 Å². The quantitative estimate of drug-likeness (QED) is 0.942. The van der Waals surface area contributed by atoms with Gasteiger partial charge in [0.15, 0.2) is 0 Å². The SMILES string of the molecule is NCCc1cc(Br)ccc1N1CCn2ccnc2C1. The second-order valence-corrected chi connectivity index (χ2v) is 5.69. The number of aromatic nitrogens is 2. The van der Waals surface area contributed by atoms with Gasteiger partial charge in [0, 0.05) is 35.6 Å². The molecule has 19 heavy (non-hydrogen) atoms. The van der Waals surface area contributed by atoms with Crippen LogP contribution in [0.4, 0.5) is 5.69 Å². The maximum absolute atomic E-state index is 5.72. The van der Waals surface area contributed by atoms with Gasteiger partial charge in [-0.25, -0.2) is 4.98 Å². The molecule has 2 N–H and O–H groups in total. The number of nitrogens with zero attached hydrogens (tertiary/aromatic N) is 3. The van der Waals surface area contributed by atoms with E-state index in [0.29, 0.717) is 6.54 Å². The summed E-state index contributed by atoms with van der Waals surface area (Å²) < 4.78 is 3.33. The summed E-state index contributed by atoms with van der Waals surface area (Å²) in [4.78, 5) is 6.80. The van der Waals surface area contributed by atoms with Gasteiger partial charge < -0.3 is 15.2 Å². The molecule has 4 nitrogen and oxygen atoms in total. The molecule has 2 heterocycles. The first kappa shape index (κ1) is 12.7. The molecular formula is C14H17BrN4. The monoisotopic (exact) mass is 320 g/mol. The Kier molecular flexibility index (Phi) is 3.57. The molecule has 0 radical (unpaired) electrons. The molecule has 1 aliphatic heterocycles. The second kappa shape index (κ2) is 5.35. The highest BCUT2D eigenvalue weighted by Crippen LogP contribution is 2.27. The predicted molar refractivity (Wildman–Crippen MR) is 80.2 cm³/mol. The van der Waals surface area contributed by atoms with Crippen LogP contribution in [0.2, 0.25) is 0 Å². The van der Waals surface area contributed by atoms with E-state index in [1.807, 2.05) is 6.20 Å². The molecule has 5 heteroatoms. The van der Waals surface area contributed by atoms with Crippen molar-refractivity contribution in [3.63, 3.8) is 0 Å². The third-order valence-corrected chi connectivity index (χ3v) is 4.03. The predicted octanol–water partition coefficient (Wildman–Crippen LogP) is 2.17. The minimum absolute atomic E-state index is 0.673. The smallest absolute Gasteiger partial charge is 0.128 e. The lowest BCUT2D eigenvalue weighted by molar-refractivity contribution is 0.558. The minimum Gasteiger partial charge on any atom is -0.362 e. The Balaban J connectivity index is 1.90. The third kappa shape index (κ3) is 2.53. The Bertz CT molecular complexity index is 579. The summed E-state index contributed by atoms with van der Waals surface area (Å²) in [6, 6.07) is 6.44. The van der Waals surface area contributed by atoms with Crippen molar-refractivity contribution < 1.29 is 0 Å². The molecule has 0 amide bonds. The average molecular weight is 321 g/mol. The van der Waals surface area contributed by atoms with Crippen molar-refractivity contribution in [3.05, 3.63) is 46.5 Å². The van der Waals surface area contributed by atoms with E-state index in [1.165, 1.54) is 11.3 Å². The van der Waals surface area contributed by atoms with Crippen LogP contribution in [-0.2, 0) is 19.5 Å². The lowest BCUT2D eigenvalue weighted by atomic mass is 10.1. The molecule has 0 unspecified atom stereocenters. The number of hydrogen-bond acceptors (Lipinski definition) is 3. The van der Waals surface area contributed by atoms with Gasteiger partial charge in [0.05, 0.1) is 6.54 Å². The number of halogens is 1. The van der Waals surface area contributed by atoms with E-state index >= 15 is 0 Å². The van der Waals surface area contributed by atoms with Crippen LogP contribution >= 0.6 is 15.9 Å². The molecule has 1 aromatic heterocycles. The van der Waals surface area contributed by atoms with E-state index in [-0.39, 0.29) is 0 Å². The second-order valence-electron chi connectivity index (χ2n) is 4.77. The van der Waals surface area contributed by atoms with Gasteiger partial charge >= 0.3 is 0 Å². The molecule has 1 aliphatic rings.